The SMILES string of the molecule is CC(C)C(=O)N(C)c1ccc(F)cc1F. The van der Waals surface area contributed by atoms with Crippen LogP contribution in [0.2, 0.25) is 0 Å². The summed E-state index contributed by atoms with van der Waals surface area (Å²) in [6, 6.07) is 3.15. The fraction of sp³-hybridized carbons (Fsp3) is 0.364. The topological polar surface area (TPSA) is 20.3 Å². The summed E-state index contributed by atoms with van der Waals surface area (Å²) < 4.78 is 25.9. The van der Waals surface area contributed by atoms with Gasteiger partial charge in [-0.2, -0.15) is 0 Å². The second-order valence-corrected chi connectivity index (χ2v) is 3.65. The van der Waals surface area contributed by atoms with E-state index in [2.05, 4.69) is 0 Å². The minimum Gasteiger partial charge on any atom is -0.313 e. The second-order valence-electron chi connectivity index (χ2n) is 3.65. The van der Waals surface area contributed by atoms with Gasteiger partial charge >= 0.3 is 0 Å². The first-order valence-corrected chi connectivity index (χ1v) is 4.66. The molecule has 0 radical (unpaired) electrons. The average Bonchev–Trinajstić information content (AvgIpc) is 2.15. The van der Waals surface area contributed by atoms with Crippen LogP contribution in [0.4, 0.5) is 14.5 Å². The molecule has 0 aliphatic carbocycles. The molecule has 0 aliphatic heterocycles. The third-order valence-electron chi connectivity index (χ3n) is 2.10. The lowest BCUT2D eigenvalue weighted by molar-refractivity contribution is -0.121. The molecule has 15 heavy (non-hydrogen) atoms. The van der Waals surface area contributed by atoms with E-state index >= 15 is 0 Å². The Balaban J connectivity index is 3.01. The number of halogens is 2. The summed E-state index contributed by atoms with van der Waals surface area (Å²) in [7, 11) is 1.47. The molecule has 0 heterocycles. The summed E-state index contributed by atoms with van der Waals surface area (Å²) in [5.74, 6) is -1.81. The molecule has 0 saturated carbocycles. The van der Waals surface area contributed by atoms with Gasteiger partial charge in [0.05, 0.1) is 5.69 Å². The molecule has 0 unspecified atom stereocenters. The number of benzene rings is 1. The number of hydrogen-bond donors (Lipinski definition) is 0. The lowest BCUT2D eigenvalue weighted by atomic mass is 10.2. The molecule has 1 rings (SSSR count). The van der Waals surface area contributed by atoms with Gasteiger partial charge in [0.1, 0.15) is 11.6 Å². The van der Waals surface area contributed by atoms with E-state index in [9.17, 15) is 13.6 Å². The zero-order chi connectivity index (χ0) is 11.6. The summed E-state index contributed by atoms with van der Waals surface area (Å²) in [5.41, 5.74) is 0.0927. The van der Waals surface area contributed by atoms with Crippen LogP contribution in [0.1, 0.15) is 13.8 Å². The van der Waals surface area contributed by atoms with Crippen molar-refractivity contribution in [1.82, 2.24) is 0 Å². The Hall–Kier alpha value is -1.45. The molecule has 0 aliphatic rings. The quantitative estimate of drug-likeness (QED) is 0.739. The van der Waals surface area contributed by atoms with Crippen molar-refractivity contribution in [3.8, 4) is 0 Å². The Morgan fingerprint density at radius 1 is 1.33 bits per heavy atom. The molecule has 0 saturated heterocycles. The Morgan fingerprint density at radius 2 is 1.93 bits per heavy atom. The predicted octanol–water partition coefficient (Wildman–Crippen LogP) is 2.58. The zero-order valence-electron chi connectivity index (χ0n) is 8.92. The van der Waals surface area contributed by atoms with Gasteiger partial charge in [0.2, 0.25) is 5.91 Å². The van der Waals surface area contributed by atoms with Gasteiger partial charge in [-0.25, -0.2) is 8.78 Å². The molecular weight excluding hydrogens is 200 g/mol. The fourth-order valence-corrected chi connectivity index (χ4v) is 1.26. The Labute approximate surface area is 87.5 Å². The van der Waals surface area contributed by atoms with Crippen LogP contribution >= 0.6 is 0 Å². The summed E-state index contributed by atoms with van der Waals surface area (Å²) in [6.07, 6.45) is 0. The van der Waals surface area contributed by atoms with Crippen molar-refractivity contribution in [2.75, 3.05) is 11.9 Å². The smallest absolute Gasteiger partial charge is 0.229 e. The number of hydrogen-bond acceptors (Lipinski definition) is 1. The van der Waals surface area contributed by atoms with Crippen molar-refractivity contribution in [1.29, 1.82) is 0 Å². The number of nitrogens with zero attached hydrogens (tertiary/aromatic N) is 1. The Morgan fingerprint density at radius 3 is 2.40 bits per heavy atom. The highest BCUT2D eigenvalue weighted by Gasteiger charge is 2.17. The molecule has 0 bridgehead atoms. The van der Waals surface area contributed by atoms with Gasteiger partial charge < -0.3 is 4.90 Å². The minimum atomic E-state index is -0.730. The van der Waals surface area contributed by atoms with Gasteiger partial charge in [0, 0.05) is 19.0 Å². The van der Waals surface area contributed by atoms with Crippen molar-refractivity contribution in [2.24, 2.45) is 5.92 Å². The summed E-state index contributed by atoms with van der Waals surface area (Å²) >= 11 is 0. The summed E-state index contributed by atoms with van der Waals surface area (Å²) in [6.45, 7) is 3.44. The van der Waals surface area contributed by atoms with Crippen LogP contribution in [-0.2, 0) is 4.79 Å². The molecule has 4 heteroatoms. The summed E-state index contributed by atoms with van der Waals surface area (Å²) in [5, 5.41) is 0. The highest BCUT2D eigenvalue weighted by atomic mass is 19.1. The van der Waals surface area contributed by atoms with Crippen molar-refractivity contribution >= 4 is 11.6 Å². The first kappa shape index (κ1) is 11.6. The molecule has 0 N–H and O–H groups in total. The molecule has 2 nitrogen and oxygen atoms in total. The first-order valence-electron chi connectivity index (χ1n) is 4.66. The largest absolute Gasteiger partial charge is 0.313 e. The normalized spacial score (nSPS) is 10.5. The minimum absolute atomic E-state index is 0.0927. The van der Waals surface area contributed by atoms with Crippen molar-refractivity contribution < 1.29 is 13.6 Å². The van der Waals surface area contributed by atoms with Crippen LogP contribution < -0.4 is 4.90 Å². The van der Waals surface area contributed by atoms with E-state index in [-0.39, 0.29) is 17.5 Å². The number of rotatable bonds is 2. The van der Waals surface area contributed by atoms with Gasteiger partial charge in [-0.1, -0.05) is 13.8 Å². The van der Waals surface area contributed by atoms with Crippen molar-refractivity contribution in [3.05, 3.63) is 29.8 Å². The maximum atomic E-state index is 13.3. The lowest BCUT2D eigenvalue weighted by Gasteiger charge is -2.19. The molecule has 82 valence electrons. The maximum Gasteiger partial charge on any atom is 0.229 e. The third-order valence-corrected chi connectivity index (χ3v) is 2.10. The third kappa shape index (κ3) is 2.52. The predicted molar refractivity (Wildman–Crippen MR) is 54.6 cm³/mol. The summed E-state index contributed by atoms with van der Waals surface area (Å²) in [4.78, 5) is 12.7. The van der Waals surface area contributed by atoms with Crippen LogP contribution in [0, 0.1) is 17.6 Å². The van der Waals surface area contributed by atoms with Crippen LogP contribution in [0.15, 0.2) is 18.2 Å². The molecule has 0 spiro atoms. The average molecular weight is 213 g/mol. The number of amides is 1. The monoisotopic (exact) mass is 213 g/mol. The van der Waals surface area contributed by atoms with E-state index in [1.54, 1.807) is 13.8 Å². The zero-order valence-corrected chi connectivity index (χ0v) is 8.92. The van der Waals surface area contributed by atoms with Gasteiger partial charge in [-0.15, -0.1) is 0 Å². The van der Waals surface area contributed by atoms with Gasteiger partial charge in [-0.3, -0.25) is 4.79 Å². The number of carbonyl (C=O) groups is 1. The van der Waals surface area contributed by atoms with E-state index in [0.717, 1.165) is 12.1 Å². The number of anilines is 1. The standard InChI is InChI=1S/C11H13F2NO/c1-7(2)11(15)14(3)10-5-4-8(12)6-9(10)13/h4-7H,1-3H3. The maximum absolute atomic E-state index is 13.3. The molecule has 1 aromatic carbocycles. The van der Waals surface area contributed by atoms with E-state index in [1.165, 1.54) is 18.0 Å². The molecular formula is C11H13F2NO. The second kappa shape index (κ2) is 4.38. The Kier molecular flexibility index (Phi) is 3.39. The van der Waals surface area contributed by atoms with Crippen LogP contribution in [0.3, 0.4) is 0 Å². The molecule has 0 atom stereocenters. The van der Waals surface area contributed by atoms with Crippen LogP contribution in [-0.4, -0.2) is 13.0 Å². The van der Waals surface area contributed by atoms with Gasteiger partial charge in [0.25, 0.3) is 0 Å². The van der Waals surface area contributed by atoms with E-state index in [1.807, 2.05) is 0 Å². The molecule has 0 fully saturated rings. The highest BCUT2D eigenvalue weighted by molar-refractivity contribution is 5.94. The highest BCUT2D eigenvalue weighted by Crippen LogP contribution is 2.20. The van der Waals surface area contributed by atoms with Crippen molar-refractivity contribution in [2.45, 2.75) is 13.8 Å². The first-order chi connectivity index (χ1) is 6.93. The van der Waals surface area contributed by atoms with Crippen molar-refractivity contribution in [3.63, 3.8) is 0 Å². The van der Waals surface area contributed by atoms with E-state index in [0.29, 0.717) is 0 Å². The molecule has 1 amide bonds. The van der Waals surface area contributed by atoms with Crippen LogP contribution in [0.25, 0.3) is 0 Å². The Bertz CT molecular complexity index is 377. The van der Waals surface area contributed by atoms with Crippen LogP contribution in [0.5, 0.6) is 0 Å². The van der Waals surface area contributed by atoms with Gasteiger partial charge in [-0.05, 0) is 12.1 Å². The van der Waals surface area contributed by atoms with E-state index < -0.39 is 11.6 Å². The molecule has 1 aromatic rings. The fourth-order valence-electron chi connectivity index (χ4n) is 1.26. The molecule has 0 aromatic heterocycles. The number of carbonyl (C=O) groups excluding carboxylic acids is 1. The van der Waals surface area contributed by atoms with Gasteiger partial charge in [0.15, 0.2) is 0 Å². The lowest BCUT2D eigenvalue weighted by Crippen LogP contribution is -2.30. The van der Waals surface area contributed by atoms with E-state index in [4.69, 9.17) is 0 Å².